The predicted octanol–water partition coefficient (Wildman–Crippen LogP) is 3.40. The predicted molar refractivity (Wildman–Crippen MR) is 109 cm³/mol. The molecule has 1 N–H and O–H groups in total. The van der Waals surface area contributed by atoms with Crippen molar-refractivity contribution >= 4 is 17.6 Å². The lowest BCUT2D eigenvalue weighted by Gasteiger charge is -2.14. The maximum absolute atomic E-state index is 12.8. The summed E-state index contributed by atoms with van der Waals surface area (Å²) in [5.41, 5.74) is 2.89. The third-order valence-corrected chi connectivity index (χ3v) is 4.79. The van der Waals surface area contributed by atoms with E-state index in [1.165, 1.54) is 6.92 Å². The van der Waals surface area contributed by atoms with Gasteiger partial charge in [0.15, 0.2) is 17.6 Å². The molecule has 0 saturated carbocycles. The largest absolute Gasteiger partial charge is 0.454 e. The van der Waals surface area contributed by atoms with Crippen molar-refractivity contribution < 1.29 is 23.8 Å². The Balaban J connectivity index is 1.46. The molecule has 1 aliphatic rings. The van der Waals surface area contributed by atoms with Gasteiger partial charge < -0.3 is 19.5 Å². The third-order valence-electron chi connectivity index (χ3n) is 4.79. The Morgan fingerprint density at radius 3 is 2.60 bits per heavy atom. The van der Waals surface area contributed by atoms with E-state index < -0.39 is 18.0 Å². The van der Waals surface area contributed by atoms with Crippen LogP contribution in [-0.4, -0.2) is 34.6 Å². The van der Waals surface area contributed by atoms with Gasteiger partial charge in [-0.05, 0) is 45.0 Å². The van der Waals surface area contributed by atoms with E-state index in [4.69, 9.17) is 14.2 Å². The number of hydrogen-bond acceptors (Lipinski definition) is 6. The summed E-state index contributed by atoms with van der Waals surface area (Å²) >= 11 is 0. The minimum absolute atomic E-state index is 0.149. The van der Waals surface area contributed by atoms with Gasteiger partial charge in [0.1, 0.15) is 5.56 Å². The normalized spacial score (nSPS) is 13.0. The number of carbonyl (C=O) groups excluding carboxylic acids is 2. The van der Waals surface area contributed by atoms with Crippen LogP contribution in [0.25, 0.3) is 5.69 Å². The van der Waals surface area contributed by atoms with Crippen molar-refractivity contribution in [3.05, 3.63) is 65.5 Å². The number of anilines is 1. The second-order valence-corrected chi connectivity index (χ2v) is 6.90. The molecule has 0 fully saturated rings. The van der Waals surface area contributed by atoms with Crippen molar-refractivity contribution in [1.29, 1.82) is 0 Å². The highest BCUT2D eigenvalue weighted by Gasteiger charge is 2.25. The molecule has 154 valence electrons. The fourth-order valence-corrected chi connectivity index (χ4v) is 3.25. The first kappa shape index (κ1) is 19.5. The summed E-state index contributed by atoms with van der Waals surface area (Å²) in [6.45, 7) is 5.20. The maximum Gasteiger partial charge on any atom is 0.342 e. The molecule has 0 aliphatic carbocycles. The lowest BCUT2D eigenvalue weighted by molar-refractivity contribution is -0.123. The smallest absolute Gasteiger partial charge is 0.342 e. The first-order valence-corrected chi connectivity index (χ1v) is 9.47. The van der Waals surface area contributed by atoms with E-state index in [0.29, 0.717) is 34.1 Å². The lowest BCUT2D eigenvalue weighted by Crippen LogP contribution is -2.30. The van der Waals surface area contributed by atoms with E-state index in [1.807, 2.05) is 30.3 Å². The van der Waals surface area contributed by atoms with E-state index in [-0.39, 0.29) is 6.79 Å². The van der Waals surface area contributed by atoms with Crippen LogP contribution < -0.4 is 14.8 Å². The summed E-state index contributed by atoms with van der Waals surface area (Å²) in [6, 6.07) is 14.6. The average Bonchev–Trinajstić information content (AvgIpc) is 3.31. The molecule has 1 aromatic heterocycles. The van der Waals surface area contributed by atoms with Gasteiger partial charge in [-0.25, -0.2) is 9.48 Å². The van der Waals surface area contributed by atoms with E-state index in [0.717, 1.165) is 5.69 Å². The summed E-state index contributed by atoms with van der Waals surface area (Å²) in [6.07, 6.45) is -0.998. The number of amides is 1. The molecule has 4 rings (SSSR count). The number of nitrogens with one attached hydrogen (secondary N) is 1. The van der Waals surface area contributed by atoms with Crippen molar-refractivity contribution in [3.8, 4) is 17.2 Å². The minimum Gasteiger partial charge on any atom is -0.454 e. The average molecular weight is 407 g/mol. The van der Waals surface area contributed by atoms with Crippen LogP contribution >= 0.6 is 0 Å². The molecule has 0 bridgehead atoms. The van der Waals surface area contributed by atoms with Gasteiger partial charge in [-0.3, -0.25) is 4.79 Å². The summed E-state index contributed by atoms with van der Waals surface area (Å²) in [5.74, 6) is 0.124. The maximum atomic E-state index is 12.8. The van der Waals surface area contributed by atoms with Crippen LogP contribution in [0.1, 0.15) is 28.7 Å². The van der Waals surface area contributed by atoms with Crippen LogP contribution in [0.15, 0.2) is 48.5 Å². The molecule has 0 spiro atoms. The Bertz CT molecular complexity index is 1110. The van der Waals surface area contributed by atoms with Gasteiger partial charge >= 0.3 is 5.97 Å². The zero-order chi connectivity index (χ0) is 21.3. The summed E-state index contributed by atoms with van der Waals surface area (Å²) in [4.78, 5) is 25.3. The van der Waals surface area contributed by atoms with Crippen molar-refractivity contribution in [2.45, 2.75) is 26.9 Å². The van der Waals surface area contributed by atoms with Crippen LogP contribution in [0.5, 0.6) is 11.5 Å². The molecular formula is C22H21N3O5. The highest BCUT2D eigenvalue weighted by atomic mass is 16.7. The van der Waals surface area contributed by atoms with Crippen LogP contribution in [0.2, 0.25) is 0 Å². The summed E-state index contributed by atoms with van der Waals surface area (Å²) in [7, 11) is 0. The number of fused-ring (bicyclic) bond motifs is 1. The number of para-hydroxylation sites is 1. The molecule has 30 heavy (non-hydrogen) atoms. The molecule has 0 saturated heterocycles. The molecule has 8 heteroatoms. The van der Waals surface area contributed by atoms with Crippen LogP contribution in [0.4, 0.5) is 5.69 Å². The minimum atomic E-state index is -0.998. The Morgan fingerprint density at radius 2 is 1.83 bits per heavy atom. The Morgan fingerprint density at radius 1 is 1.10 bits per heavy atom. The molecule has 0 unspecified atom stereocenters. The lowest BCUT2D eigenvalue weighted by atomic mass is 10.2. The van der Waals surface area contributed by atoms with Crippen LogP contribution in [-0.2, 0) is 9.53 Å². The van der Waals surface area contributed by atoms with Gasteiger partial charge in [-0.15, -0.1) is 0 Å². The SMILES string of the molecule is Cc1nn(-c2ccccc2)c(C)c1C(=O)O[C@H](C)C(=O)Nc1ccc2c(c1)OCO2. The second-order valence-electron chi connectivity index (χ2n) is 6.90. The van der Waals surface area contributed by atoms with Crippen molar-refractivity contribution in [1.82, 2.24) is 9.78 Å². The summed E-state index contributed by atoms with van der Waals surface area (Å²) < 4.78 is 17.6. The number of carbonyl (C=O) groups is 2. The fraction of sp³-hybridized carbons (Fsp3) is 0.227. The highest BCUT2D eigenvalue weighted by Crippen LogP contribution is 2.34. The standard InChI is InChI=1S/C22H21N3O5/c1-13-20(14(2)25(24-13)17-7-5-4-6-8-17)22(27)30-15(3)21(26)23-16-9-10-18-19(11-16)29-12-28-18/h4-11,15H,12H2,1-3H3,(H,23,26)/t15-/m1/s1. The monoisotopic (exact) mass is 407 g/mol. The molecule has 2 aromatic carbocycles. The van der Waals surface area contributed by atoms with Gasteiger partial charge in [0.25, 0.3) is 5.91 Å². The number of aryl methyl sites for hydroxylation is 1. The number of aromatic nitrogens is 2. The molecule has 2 heterocycles. The van der Waals surface area contributed by atoms with Crippen molar-refractivity contribution in [2.75, 3.05) is 12.1 Å². The van der Waals surface area contributed by atoms with Gasteiger partial charge in [-0.1, -0.05) is 18.2 Å². The number of nitrogens with zero attached hydrogens (tertiary/aromatic N) is 2. The fourth-order valence-electron chi connectivity index (χ4n) is 3.25. The molecule has 8 nitrogen and oxygen atoms in total. The number of hydrogen-bond donors (Lipinski definition) is 1. The van der Waals surface area contributed by atoms with Gasteiger partial charge in [0.2, 0.25) is 6.79 Å². The highest BCUT2D eigenvalue weighted by molar-refractivity contribution is 5.98. The number of rotatable bonds is 5. The Kier molecular flexibility index (Phi) is 5.14. The Labute approximate surface area is 173 Å². The second kappa shape index (κ2) is 7.90. The molecule has 1 atom stereocenters. The topological polar surface area (TPSA) is 91.7 Å². The van der Waals surface area contributed by atoms with Crippen LogP contribution in [0, 0.1) is 13.8 Å². The van der Waals surface area contributed by atoms with E-state index in [2.05, 4.69) is 10.4 Å². The summed E-state index contributed by atoms with van der Waals surface area (Å²) in [5, 5.41) is 7.16. The van der Waals surface area contributed by atoms with E-state index in [1.54, 1.807) is 36.7 Å². The first-order valence-electron chi connectivity index (χ1n) is 9.47. The molecule has 1 aliphatic heterocycles. The quantitative estimate of drug-likeness (QED) is 0.652. The molecule has 3 aromatic rings. The van der Waals surface area contributed by atoms with E-state index >= 15 is 0 Å². The number of benzene rings is 2. The molecular weight excluding hydrogens is 386 g/mol. The van der Waals surface area contributed by atoms with E-state index in [9.17, 15) is 9.59 Å². The van der Waals surface area contributed by atoms with Crippen molar-refractivity contribution in [3.63, 3.8) is 0 Å². The third kappa shape index (κ3) is 3.71. The van der Waals surface area contributed by atoms with Crippen molar-refractivity contribution in [2.24, 2.45) is 0 Å². The zero-order valence-corrected chi connectivity index (χ0v) is 16.8. The molecule has 0 radical (unpaired) electrons. The number of ether oxygens (including phenoxy) is 3. The van der Waals surface area contributed by atoms with Gasteiger partial charge in [0.05, 0.1) is 17.1 Å². The van der Waals surface area contributed by atoms with Gasteiger partial charge in [-0.2, -0.15) is 5.10 Å². The first-order chi connectivity index (χ1) is 14.4. The zero-order valence-electron chi connectivity index (χ0n) is 16.8. The van der Waals surface area contributed by atoms with Gasteiger partial charge in [0, 0.05) is 11.8 Å². The molecule has 1 amide bonds. The van der Waals surface area contributed by atoms with Crippen LogP contribution in [0.3, 0.4) is 0 Å². The number of esters is 1. The Hall–Kier alpha value is -3.81.